The van der Waals surface area contributed by atoms with E-state index >= 15 is 0 Å². The number of fused-ring (bicyclic) bond motifs is 5. The summed E-state index contributed by atoms with van der Waals surface area (Å²) < 4.78 is 2.44. The Kier molecular flexibility index (Phi) is 8.25. The van der Waals surface area contributed by atoms with E-state index in [1.165, 1.54) is 98.4 Å². The number of aromatic nitrogens is 1. The third kappa shape index (κ3) is 5.86. The zero-order valence-corrected chi connectivity index (χ0v) is 33.5. The minimum absolute atomic E-state index is 1.16. The van der Waals surface area contributed by atoms with Gasteiger partial charge < -0.3 is 4.57 Å². The van der Waals surface area contributed by atoms with Gasteiger partial charge in [0.25, 0.3) is 0 Å². The quantitative estimate of drug-likeness (QED) is 0.148. The molecule has 0 atom stereocenters. The lowest BCUT2D eigenvalue weighted by atomic mass is 9.84. The Morgan fingerprint density at radius 1 is 0.230 bits per heavy atom. The normalized spacial score (nSPS) is 11.6. The van der Waals surface area contributed by atoms with Crippen molar-refractivity contribution in [3.63, 3.8) is 0 Å². The summed E-state index contributed by atoms with van der Waals surface area (Å²) in [6.45, 7) is 0. The second-order valence-corrected chi connectivity index (χ2v) is 16.0. The average molecular weight is 774 g/mol. The minimum atomic E-state index is 1.16. The van der Waals surface area contributed by atoms with Crippen LogP contribution < -0.4 is 0 Å². The maximum Gasteiger partial charge on any atom is 0.0540 e. The molecule has 61 heavy (non-hydrogen) atoms. The molecule has 0 N–H and O–H groups in total. The molecule has 11 aromatic carbocycles. The number of hydrogen-bond acceptors (Lipinski definition) is 0. The van der Waals surface area contributed by atoms with Crippen molar-refractivity contribution >= 4 is 53.9 Å². The maximum absolute atomic E-state index is 2.46. The van der Waals surface area contributed by atoms with Gasteiger partial charge in [-0.15, -0.1) is 0 Å². The van der Waals surface area contributed by atoms with Gasteiger partial charge >= 0.3 is 0 Å². The summed E-state index contributed by atoms with van der Waals surface area (Å²) in [6.07, 6.45) is 0. The Morgan fingerprint density at radius 3 is 1.25 bits per heavy atom. The Labute approximate surface area is 355 Å². The van der Waals surface area contributed by atoms with Crippen molar-refractivity contribution in [1.82, 2.24) is 4.57 Å². The molecule has 0 aliphatic carbocycles. The van der Waals surface area contributed by atoms with E-state index in [1.54, 1.807) is 0 Å². The van der Waals surface area contributed by atoms with Gasteiger partial charge in [0.15, 0.2) is 0 Å². The van der Waals surface area contributed by atoms with Crippen LogP contribution in [0.1, 0.15) is 0 Å². The number of rotatable bonds is 6. The lowest BCUT2D eigenvalue weighted by Crippen LogP contribution is -2.01. The molecule has 1 heterocycles. The zero-order chi connectivity index (χ0) is 40.3. The molecule has 1 nitrogen and oxygen atoms in total. The van der Waals surface area contributed by atoms with Crippen molar-refractivity contribution in [1.29, 1.82) is 0 Å². The first-order chi connectivity index (χ1) is 30.3. The molecule has 12 rings (SSSR count). The lowest BCUT2D eigenvalue weighted by Gasteiger charge is -2.20. The van der Waals surface area contributed by atoms with Gasteiger partial charge in [-0.1, -0.05) is 200 Å². The predicted octanol–water partition coefficient (Wildman–Crippen LogP) is 16.6. The standard InChI is InChI=1S/C60H39N/c1-3-17-42(18-4-1)56-35-36-57(43-19-5-2-6-20-43)61(56)58-34-33-49(50-23-11-12-24-51(50)58)46-31-32-54-55(39-46)60(48-30-28-41-16-8-10-22-45(41)38-48)53-26-14-13-25-52(53)59(54)47-29-27-40-15-7-9-21-44(40)37-47/h1-39H. The molecule has 0 saturated carbocycles. The van der Waals surface area contributed by atoms with E-state index in [-0.39, 0.29) is 0 Å². The topological polar surface area (TPSA) is 4.93 Å². The Hall–Kier alpha value is -8.00. The van der Waals surface area contributed by atoms with Gasteiger partial charge in [0.2, 0.25) is 0 Å². The molecule has 12 aromatic rings. The van der Waals surface area contributed by atoms with Crippen molar-refractivity contribution in [3.8, 4) is 61.6 Å². The summed E-state index contributed by atoms with van der Waals surface area (Å²) in [5, 5.41) is 12.4. The van der Waals surface area contributed by atoms with Crippen LogP contribution in [0, 0.1) is 0 Å². The zero-order valence-electron chi connectivity index (χ0n) is 33.5. The second kappa shape index (κ2) is 14.4. The SMILES string of the molecule is c1ccc(-c2ccc(-c3ccccc3)n2-c2ccc(-c3ccc4c(-c5ccc6ccccc6c5)c5ccccc5c(-c5ccc6ccccc6c5)c4c3)c3ccccc23)cc1. The smallest absolute Gasteiger partial charge is 0.0540 e. The predicted molar refractivity (Wildman–Crippen MR) is 260 cm³/mol. The van der Waals surface area contributed by atoms with E-state index in [4.69, 9.17) is 0 Å². The molecular weight excluding hydrogens is 735 g/mol. The van der Waals surface area contributed by atoms with Crippen LogP contribution >= 0.6 is 0 Å². The first-order valence-corrected chi connectivity index (χ1v) is 21.1. The van der Waals surface area contributed by atoms with Crippen molar-refractivity contribution in [2.24, 2.45) is 0 Å². The summed E-state index contributed by atoms with van der Waals surface area (Å²) in [5.41, 5.74) is 13.2. The summed E-state index contributed by atoms with van der Waals surface area (Å²) in [7, 11) is 0. The van der Waals surface area contributed by atoms with Crippen molar-refractivity contribution in [3.05, 3.63) is 237 Å². The summed E-state index contributed by atoms with van der Waals surface area (Å²) in [4.78, 5) is 0. The van der Waals surface area contributed by atoms with Gasteiger partial charge in [-0.3, -0.25) is 0 Å². The molecule has 1 heteroatoms. The molecule has 1 aromatic heterocycles. The van der Waals surface area contributed by atoms with Crippen LogP contribution in [0.3, 0.4) is 0 Å². The Balaban J connectivity index is 1.13. The molecule has 284 valence electrons. The van der Waals surface area contributed by atoms with Gasteiger partial charge in [-0.2, -0.15) is 0 Å². The molecule has 0 aliphatic heterocycles. The summed E-state index contributed by atoms with van der Waals surface area (Å²) in [5.74, 6) is 0. The van der Waals surface area contributed by atoms with Crippen molar-refractivity contribution in [2.45, 2.75) is 0 Å². The molecule has 0 bridgehead atoms. The van der Waals surface area contributed by atoms with Crippen molar-refractivity contribution < 1.29 is 0 Å². The molecule has 0 aliphatic rings. The lowest BCUT2D eigenvalue weighted by molar-refractivity contribution is 1.11. The van der Waals surface area contributed by atoms with E-state index in [2.05, 4.69) is 241 Å². The molecule has 0 spiro atoms. The van der Waals surface area contributed by atoms with E-state index in [1.807, 2.05) is 0 Å². The van der Waals surface area contributed by atoms with E-state index < -0.39 is 0 Å². The Bertz CT molecular complexity index is 3570. The van der Waals surface area contributed by atoms with Gasteiger partial charge in [0.1, 0.15) is 0 Å². The van der Waals surface area contributed by atoms with Crippen LogP contribution in [0.5, 0.6) is 0 Å². The van der Waals surface area contributed by atoms with Crippen LogP contribution in [0.2, 0.25) is 0 Å². The minimum Gasteiger partial charge on any atom is -0.309 e. The molecule has 0 radical (unpaired) electrons. The third-order valence-corrected chi connectivity index (χ3v) is 12.6. The van der Waals surface area contributed by atoms with Crippen LogP contribution in [-0.4, -0.2) is 4.57 Å². The molecular formula is C60H39N. The van der Waals surface area contributed by atoms with E-state index in [9.17, 15) is 0 Å². The van der Waals surface area contributed by atoms with Gasteiger partial charge in [0.05, 0.1) is 17.1 Å². The highest BCUT2D eigenvalue weighted by atomic mass is 15.0. The highest BCUT2D eigenvalue weighted by Crippen LogP contribution is 2.47. The van der Waals surface area contributed by atoms with Gasteiger partial charge in [-0.25, -0.2) is 0 Å². The fraction of sp³-hybridized carbons (Fsp3) is 0. The third-order valence-electron chi connectivity index (χ3n) is 12.6. The number of benzene rings is 11. The number of hydrogen-bond donors (Lipinski definition) is 0. The first kappa shape index (κ1) is 35.0. The number of nitrogens with zero attached hydrogens (tertiary/aromatic N) is 1. The fourth-order valence-corrected chi connectivity index (χ4v) is 9.75. The van der Waals surface area contributed by atoms with Crippen LogP contribution in [0.25, 0.3) is 115 Å². The van der Waals surface area contributed by atoms with Crippen LogP contribution in [0.4, 0.5) is 0 Å². The van der Waals surface area contributed by atoms with E-state index in [0.29, 0.717) is 0 Å². The average Bonchev–Trinajstić information content (AvgIpc) is 3.78. The van der Waals surface area contributed by atoms with Gasteiger partial charge in [-0.05, 0) is 129 Å². The summed E-state index contributed by atoms with van der Waals surface area (Å²) >= 11 is 0. The molecule has 0 saturated heterocycles. The summed E-state index contributed by atoms with van der Waals surface area (Å²) in [6, 6.07) is 87.0. The first-order valence-electron chi connectivity index (χ1n) is 21.1. The molecule has 0 fully saturated rings. The maximum atomic E-state index is 2.46. The van der Waals surface area contributed by atoms with Crippen LogP contribution in [0.15, 0.2) is 237 Å². The largest absolute Gasteiger partial charge is 0.309 e. The fourth-order valence-electron chi connectivity index (χ4n) is 9.75. The highest BCUT2D eigenvalue weighted by molar-refractivity contribution is 6.23. The van der Waals surface area contributed by atoms with E-state index in [0.717, 1.165) is 17.1 Å². The second-order valence-electron chi connectivity index (χ2n) is 16.0. The highest BCUT2D eigenvalue weighted by Gasteiger charge is 2.21. The monoisotopic (exact) mass is 773 g/mol. The molecule has 0 unspecified atom stereocenters. The molecule has 0 amide bonds. The van der Waals surface area contributed by atoms with Gasteiger partial charge in [0, 0.05) is 5.39 Å². The van der Waals surface area contributed by atoms with Crippen molar-refractivity contribution in [2.75, 3.05) is 0 Å². The van der Waals surface area contributed by atoms with Crippen LogP contribution in [-0.2, 0) is 0 Å². The Morgan fingerprint density at radius 2 is 0.672 bits per heavy atom.